The Kier molecular flexibility index (Phi) is 6.61. The number of anilines is 2. The summed E-state index contributed by atoms with van der Waals surface area (Å²) in [5, 5.41) is 12.3. The van der Waals surface area contributed by atoms with Crippen molar-refractivity contribution in [3.05, 3.63) is 29.8 Å². The zero-order valence-corrected chi connectivity index (χ0v) is 17.9. The summed E-state index contributed by atoms with van der Waals surface area (Å²) in [7, 11) is 0. The van der Waals surface area contributed by atoms with Crippen LogP contribution in [0.3, 0.4) is 0 Å². The molecule has 152 valence electrons. The molecule has 7 nitrogen and oxygen atoms in total. The maximum Gasteiger partial charge on any atom is 0.234 e. The summed E-state index contributed by atoms with van der Waals surface area (Å²) in [6, 6.07) is 8.03. The number of ether oxygens (including phenoxy) is 1. The molecular weight excluding hydrogens is 374 g/mol. The van der Waals surface area contributed by atoms with Gasteiger partial charge < -0.3 is 15.0 Å². The number of rotatable bonds is 6. The van der Waals surface area contributed by atoms with E-state index in [2.05, 4.69) is 64.8 Å². The lowest BCUT2D eigenvalue weighted by Crippen LogP contribution is -2.38. The third kappa shape index (κ3) is 5.05. The molecule has 1 aromatic carbocycles. The SMILES string of the molecule is CCn1c(SCC(=O)Nc2ccc(C(C)(C)C)cc2)nnc1N1CCOCC1. The molecule has 1 aliphatic rings. The van der Waals surface area contributed by atoms with Gasteiger partial charge in [-0.15, -0.1) is 10.2 Å². The van der Waals surface area contributed by atoms with Gasteiger partial charge in [0, 0.05) is 25.3 Å². The zero-order chi connectivity index (χ0) is 20.1. The van der Waals surface area contributed by atoms with Crippen LogP contribution >= 0.6 is 11.8 Å². The second kappa shape index (κ2) is 8.96. The maximum absolute atomic E-state index is 12.4. The fraction of sp³-hybridized carbons (Fsp3) is 0.550. The van der Waals surface area contributed by atoms with Crippen LogP contribution in [0.2, 0.25) is 0 Å². The highest BCUT2D eigenvalue weighted by Gasteiger charge is 2.20. The molecule has 0 radical (unpaired) electrons. The first-order valence-electron chi connectivity index (χ1n) is 9.67. The molecule has 0 unspecified atom stereocenters. The lowest BCUT2D eigenvalue weighted by atomic mass is 9.87. The zero-order valence-electron chi connectivity index (χ0n) is 17.1. The van der Waals surface area contributed by atoms with Gasteiger partial charge in [-0.2, -0.15) is 0 Å². The maximum atomic E-state index is 12.4. The van der Waals surface area contributed by atoms with E-state index in [0.717, 1.165) is 36.4 Å². The number of benzene rings is 1. The first-order chi connectivity index (χ1) is 13.4. The minimum Gasteiger partial charge on any atom is -0.378 e. The van der Waals surface area contributed by atoms with E-state index in [4.69, 9.17) is 4.74 Å². The fourth-order valence-electron chi connectivity index (χ4n) is 3.04. The van der Waals surface area contributed by atoms with Gasteiger partial charge in [-0.3, -0.25) is 9.36 Å². The lowest BCUT2D eigenvalue weighted by Gasteiger charge is -2.27. The number of morpholine rings is 1. The van der Waals surface area contributed by atoms with Crippen molar-refractivity contribution < 1.29 is 9.53 Å². The van der Waals surface area contributed by atoms with Gasteiger partial charge in [0.05, 0.1) is 19.0 Å². The fourth-order valence-corrected chi connectivity index (χ4v) is 3.84. The van der Waals surface area contributed by atoms with Crippen LogP contribution in [0.1, 0.15) is 33.3 Å². The number of aromatic nitrogens is 3. The molecule has 1 fully saturated rings. The second-order valence-corrected chi connectivity index (χ2v) is 8.73. The van der Waals surface area contributed by atoms with Gasteiger partial charge in [0.1, 0.15) is 0 Å². The molecule has 1 amide bonds. The topological polar surface area (TPSA) is 72.3 Å². The van der Waals surface area contributed by atoms with E-state index in [-0.39, 0.29) is 11.3 Å². The number of thioether (sulfide) groups is 1. The van der Waals surface area contributed by atoms with Gasteiger partial charge in [-0.25, -0.2) is 0 Å². The highest BCUT2D eigenvalue weighted by Crippen LogP contribution is 2.25. The Hall–Kier alpha value is -2.06. The molecule has 1 saturated heterocycles. The van der Waals surface area contributed by atoms with Gasteiger partial charge >= 0.3 is 0 Å². The molecule has 1 N–H and O–H groups in total. The van der Waals surface area contributed by atoms with Crippen LogP contribution in [0, 0.1) is 0 Å². The molecule has 8 heteroatoms. The van der Waals surface area contributed by atoms with E-state index in [1.165, 1.54) is 17.3 Å². The largest absolute Gasteiger partial charge is 0.378 e. The number of hydrogen-bond donors (Lipinski definition) is 1. The predicted octanol–water partition coefficient (Wildman–Crippen LogP) is 3.16. The summed E-state index contributed by atoms with van der Waals surface area (Å²) in [6.07, 6.45) is 0. The standard InChI is InChI=1S/C20H29N5O2S/c1-5-25-18(24-10-12-27-13-11-24)22-23-19(25)28-14-17(26)21-16-8-6-15(7-9-16)20(2,3)4/h6-9H,5,10-14H2,1-4H3,(H,21,26). The summed E-state index contributed by atoms with van der Waals surface area (Å²) in [5.74, 6) is 1.10. The monoisotopic (exact) mass is 403 g/mol. The Morgan fingerprint density at radius 1 is 1.18 bits per heavy atom. The Balaban J connectivity index is 1.58. The van der Waals surface area contributed by atoms with E-state index >= 15 is 0 Å². The minimum absolute atomic E-state index is 0.0490. The molecule has 28 heavy (non-hydrogen) atoms. The van der Waals surface area contributed by atoms with Gasteiger partial charge in [0.2, 0.25) is 11.9 Å². The molecule has 0 aliphatic carbocycles. The van der Waals surface area contributed by atoms with Gasteiger partial charge in [0.15, 0.2) is 5.16 Å². The third-order valence-electron chi connectivity index (χ3n) is 4.67. The summed E-state index contributed by atoms with van der Waals surface area (Å²) >= 11 is 1.41. The number of carbonyl (C=O) groups excluding carboxylic acids is 1. The molecule has 2 heterocycles. The quantitative estimate of drug-likeness (QED) is 0.747. The molecule has 1 aliphatic heterocycles. The molecule has 0 bridgehead atoms. The normalized spacial score (nSPS) is 14.9. The third-order valence-corrected chi connectivity index (χ3v) is 5.64. The van der Waals surface area contributed by atoms with Gasteiger partial charge in [0.25, 0.3) is 0 Å². The van der Waals surface area contributed by atoms with E-state index < -0.39 is 0 Å². The molecule has 0 saturated carbocycles. The van der Waals surface area contributed by atoms with Crippen molar-refractivity contribution in [2.24, 2.45) is 0 Å². The van der Waals surface area contributed by atoms with Crippen LogP contribution in [0.25, 0.3) is 0 Å². The minimum atomic E-state index is -0.0490. The Bertz CT molecular complexity index is 792. The average Bonchev–Trinajstić information content (AvgIpc) is 3.10. The van der Waals surface area contributed by atoms with Crippen molar-refractivity contribution in [2.75, 3.05) is 42.3 Å². The van der Waals surface area contributed by atoms with Gasteiger partial charge in [-0.05, 0) is 30.0 Å². The van der Waals surface area contributed by atoms with Crippen LogP contribution in [0.15, 0.2) is 29.4 Å². The van der Waals surface area contributed by atoms with Crippen molar-refractivity contribution in [3.63, 3.8) is 0 Å². The van der Waals surface area contributed by atoms with Crippen molar-refractivity contribution in [1.82, 2.24) is 14.8 Å². The first-order valence-corrected chi connectivity index (χ1v) is 10.7. The van der Waals surface area contributed by atoms with Crippen LogP contribution in [0.4, 0.5) is 11.6 Å². The Morgan fingerprint density at radius 2 is 1.86 bits per heavy atom. The molecule has 1 aromatic heterocycles. The molecular formula is C20H29N5O2S. The highest BCUT2D eigenvalue weighted by molar-refractivity contribution is 7.99. The Labute approximate surface area is 170 Å². The summed E-state index contributed by atoms with van der Waals surface area (Å²) in [6.45, 7) is 12.4. The van der Waals surface area contributed by atoms with Gasteiger partial charge in [-0.1, -0.05) is 44.7 Å². The van der Waals surface area contributed by atoms with Crippen LogP contribution in [-0.4, -0.2) is 52.7 Å². The first kappa shape index (κ1) is 20.7. The Morgan fingerprint density at radius 3 is 2.46 bits per heavy atom. The number of carbonyl (C=O) groups is 1. The van der Waals surface area contributed by atoms with Crippen LogP contribution in [0.5, 0.6) is 0 Å². The van der Waals surface area contributed by atoms with E-state index in [1.807, 2.05) is 12.1 Å². The second-order valence-electron chi connectivity index (χ2n) is 7.79. The van der Waals surface area contributed by atoms with Crippen molar-refractivity contribution in [1.29, 1.82) is 0 Å². The van der Waals surface area contributed by atoms with Crippen molar-refractivity contribution >= 4 is 29.3 Å². The lowest BCUT2D eigenvalue weighted by molar-refractivity contribution is -0.113. The van der Waals surface area contributed by atoms with E-state index in [9.17, 15) is 4.79 Å². The van der Waals surface area contributed by atoms with Crippen LogP contribution < -0.4 is 10.2 Å². The van der Waals surface area contributed by atoms with E-state index in [1.54, 1.807) is 0 Å². The molecule has 2 aromatic rings. The number of nitrogens with one attached hydrogen (secondary N) is 1. The molecule has 0 spiro atoms. The number of amides is 1. The highest BCUT2D eigenvalue weighted by atomic mass is 32.2. The summed E-state index contributed by atoms with van der Waals surface area (Å²) in [5.41, 5.74) is 2.15. The smallest absolute Gasteiger partial charge is 0.234 e. The van der Waals surface area contributed by atoms with Crippen molar-refractivity contribution in [3.8, 4) is 0 Å². The summed E-state index contributed by atoms with van der Waals surface area (Å²) < 4.78 is 7.46. The van der Waals surface area contributed by atoms with Crippen LogP contribution in [-0.2, 0) is 21.5 Å². The molecule has 3 rings (SSSR count). The number of hydrogen-bond acceptors (Lipinski definition) is 6. The molecule has 0 atom stereocenters. The summed E-state index contributed by atoms with van der Waals surface area (Å²) in [4.78, 5) is 14.5. The van der Waals surface area contributed by atoms with Crippen molar-refractivity contribution in [2.45, 2.75) is 44.8 Å². The number of nitrogens with zero attached hydrogens (tertiary/aromatic N) is 4. The average molecular weight is 404 g/mol. The predicted molar refractivity (Wildman–Crippen MR) is 113 cm³/mol. The van der Waals surface area contributed by atoms with E-state index in [0.29, 0.717) is 19.0 Å².